The van der Waals surface area contributed by atoms with Gasteiger partial charge in [0.25, 0.3) is 0 Å². The first-order valence-corrected chi connectivity index (χ1v) is 7.61. The summed E-state index contributed by atoms with van der Waals surface area (Å²) in [6.45, 7) is 6.06. The molecule has 0 aromatic heterocycles. The van der Waals surface area contributed by atoms with Crippen molar-refractivity contribution < 1.29 is 18.3 Å². The van der Waals surface area contributed by atoms with Crippen LogP contribution in [0.3, 0.4) is 0 Å². The average Bonchev–Trinajstić information content (AvgIpc) is 2.77. The minimum Gasteiger partial charge on any atom is -0.497 e. The molecule has 1 aliphatic rings. The molecule has 2 aromatic rings. The van der Waals surface area contributed by atoms with Gasteiger partial charge in [0, 0.05) is 28.7 Å². The van der Waals surface area contributed by atoms with E-state index in [0.29, 0.717) is 22.6 Å². The fraction of sp³-hybridized carbons (Fsp3) is 0.368. The van der Waals surface area contributed by atoms with Crippen LogP contribution in [-0.4, -0.2) is 14.2 Å². The molecule has 0 fully saturated rings. The maximum absolute atomic E-state index is 14.7. The second kappa shape index (κ2) is 5.22. The standard InChI is InChI=1S/C19H20F2O2/c1-10(2)19(3)14-8-12(22-4)9-16(23-5)17(14)13-6-11(20)7-15(21)18(13)19/h6-10H,1-5H3. The van der Waals surface area contributed by atoms with Gasteiger partial charge in [0.1, 0.15) is 23.1 Å². The monoisotopic (exact) mass is 318 g/mol. The third-order valence-corrected chi connectivity index (χ3v) is 5.09. The highest BCUT2D eigenvalue weighted by atomic mass is 19.1. The summed E-state index contributed by atoms with van der Waals surface area (Å²) in [7, 11) is 3.13. The molecule has 2 aromatic carbocycles. The molecule has 0 N–H and O–H groups in total. The highest BCUT2D eigenvalue weighted by Gasteiger charge is 2.45. The molecule has 4 heteroatoms. The Kier molecular flexibility index (Phi) is 3.58. The molecule has 3 rings (SSSR count). The van der Waals surface area contributed by atoms with Crippen LogP contribution < -0.4 is 9.47 Å². The molecule has 0 heterocycles. The molecule has 0 radical (unpaired) electrons. The normalized spacial score (nSPS) is 18.8. The van der Waals surface area contributed by atoms with Gasteiger partial charge in [-0.2, -0.15) is 0 Å². The smallest absolute Gasteiger partial charge is 0.130 e. The highest BCUT2D eigenvalue weighted by Crippen LogP contribution is 2.57. The summed E-state index contributed by atoms with van der Waals surface area (Å²) < 4.78 is 39.4. The minimum absolute atomic E-state index is 0.110. The van der Waals surface area contributed by atoms with Gasteiger partial charge in [-0.1, -0.05) is 20.8 Å². The maximum atomic E-state index is 14.7. The van der Waals surface area contributed by atoms with Crippen molar-refractivity contribution in [3.05, 3.63) is 47.0 Å². The van der Waals surface area contributed by atoms with Crippen LogP contribution in [0.4, 0.5) is 8.78 Å². The van der Waals surface area contributed by atoms with E-state index >= 15 is 0 Å². The van der Waals surface area contributed by atoms with E-state index in [-0.39, 0.29) is 5.92 Å². The number of ether oxygens (including phenoxy) is 2. The van der Waals surface area contributed by atoms with Crippen LogP contribution in [0.25, 0.3) is 11.1 Å². The van der Waals surface area contributed by atoms with Gasteiger partial charge >= 0.3 is 0 Å². The Hall–Kier alpha value is -2.10. The summed E-state index contributed by atoms with van der Waals surface area (Å²) in [4.78, 5) is 0. The molecule has 23 heavy (non-hydrogen) atoms. The fourth-order valence-electron chi connectivity index (χ4n) is 3.59. The van der Waals surface area contributed by atoms with Gasteiger partial charge in [0.2, 0.25) is 0 Å². The molecule has 2 nitrogen and oxygen atoms in total. The zero-order valence-corrected chi connectivity index (χ0v) is 14.0. The zero-order chi connectivity index (χ0) is 16.9. The largest absolute Gasteiger partial charge is 0.497 e. The Bertz CT molecular complexity index is 783. The zero-order valence-electron chi connectivity index (χ0n) is 14.0. The van der Waals surface area contributed by atoms with E-state index in [1.165, 1.54) is 6.07 Å². The summed E-state index contributed by atoms with van der Waals surface area (Å²) in [6, 6.07) is 5.99. The lowest BCUT2D eigenvalue weighted by Gasteiger charge is -2.32. The number of fused-ring (bicyclic) bond motifs is 3. The third kappa shape index (κ3) is 2.04. The summed E-state index contributed by atoms with van der Waals surface area (Å²) >= 11 is 0. The van der Waals surface area contributed by atoms with Crippen molar-refractivity contribution in [1.29, 1.82) is 0 Å². The van der Waals surface area contributed by atoms with Gasteiger partial charge in [-0.15, -0.1) is 0 Å². The molecular formula is C19H20F2O2. The second-order valence-corrected chi connectivity index (χ2v) is 6.42. The average molecular weight is 318 g/mol. The Morgan fingerprint density at radius 2 is 1.70 bits per heavy atom. The predicted molar refractivity (Wildman–Crippen MR) is 86.2 cm³/mol. The van der Waals surface area contributed by atoms with Crippen molar-refractivity contribution in [2.45, 2.75) is 26.2 Å². The molecule has 0 aliphatic heterocycles. The van der Waals surface area contributed by atoms with Crippen molar-refractivity contribution in [3.63, 3.8) is 0 Å². The lowest BCUT2D eigenvalue weighted by atomic mass is 9.71. The lowest BCUT2D eigenvalue weighted by Crippen LogP contribution is -2.28. The van der Waals surface area contributed by atoms with E-state index in [1.807, 2.05) is 26.8 Å². The van der Waals surface area contributed by atoms with Crippen molar-refractivity contribution >= 4 is 0 Å². The summed E-state index contributed by atoms with van der Waals surface area (Å²) in [5, 5.41) is 0. The van der Waals surface area contributed by atoms with Gasteiger partial charge in [0.15, 0.2) is 0 Å². The number of hydrogen-bond donors (Lipinski definition) is 0. The van der Waals surface area contributed by atoms with Crippen LogP contribution in [0.5, 0.6) is 11.5 Å². The Labute approximate surface area is 135 Å². The van der Waals surface area contributed by atoms with Crippen molar-refractivity contribution in [1.82, 2.24) is 0 Å². The molecule has 1 atom stereocenters. The summed E-state index contributed by atoms with van der Waals surface area (Å²) in [6.07, 6.45) is 0. The van der Waals surface area contributed by atoms with Crippen molar-refractivity contribution in [2.75, 3.05) is 14.2 Å². The van der Waals surface area contributed by atoms with Crippen LogP contribution in [0.2, 0.25) is 0 Å². The van der Waals surface area contributed by atoms with Gasteiger partial charge in [0.05, 0.1) is 14.2 Å². The summed E-state index contributed by atoms with van der Waals surface area (Å²) in [5.74, 6) is 0.210. The lowest BCUT2D eigenvalue weighted by molar-refractivity contribution is 0.379. The van der Waals surface area contributed by atoms with E-state index in [1.54, 1.807) is 20.3 Å². The number of rotatable bonds is 3. The van der Waals surface area contributed by atoms with Crippen LogP contribution in [0, 0.1) is 17.6 Å². The van der Waals surface area contributed by atoms with E-state index in [2.05, 4.69) is 0 Å². The first-order chi connectivity index (χ1) is 10.8. The second-order valence-electron chi connectivity index (χ2n) is 6.42. The van der Waals surface area contributed by atoms with E-state index in [0.717, 1.165) is 17.2 Å². The third-order valence-electron chi connectivity index (χ3n) is 5.09. The topological polar surface area (TPSA) is 18.5 Å². The molecule has 0 spiro atoms. The SMILES string of the molecule is COc1cc(OC)c2c(c1)C(C)(C(C)C)c1c(F)cc(F)cc1-2. The van der Waals surface area contributed by atoms with Crippen LogP contribution in [0.15, 0.2) is 24.3 Å². The molecule has 0 saturated carbocycles. The maximum Gasteiger partial charge on any atom is 0.130 e. The number of methoxy groups -OCH3 is 2. The predicted octanol–water partition coefficient (Wildman–Crippen LogP) is 4.92. The molecule has 1 aliphatic carbocycles. The van der Waals surface area contributed by atoms with E-state index < -0.39 is 17.0 Å². The van der Waals surface area contributed by atoms with Gasteiger partial charge < -0.3 is 9.47 Å². The minimum atomic E-state index is -0.585. The molecular weight excluding hydrogens is 298 g/mol. The number of benzene rings is 2. The van der Waals surface area contributed by atoms with Crippen LogP contribution in [-0.2, 0) is 5.41 Å². The van der Waals surface area contributed by atoms with E-state index in [9.17, 15) is 8.78 Å². The Balaban J connectivity index is 2.47. The van der Waals surface area contributed by atoms with Crippen molar-refractivity contribution in [3.8, 4) is 22.6 Å². The first kappa shape index (κ1) is 15.8. The summed E-state index contributed by atoms with van der Waals surface area (Å²) in [5.41, 5.74) is 2.16. The molecule has 0 bridgehead atoms. The van der Waals surface area contributed by atoms with E-state index in [4.69, 9.17) is 9.47 Å². The van der Waals surface area contributed by atoms with Crippen LogP contribution >= 0.6 is 0 Å². The Morgan fingerprint density at radius 3 is 2.26 bits per heavy atom. The van der Waals surface area contributed by atoms with Gasteiger partial charge in [-0.05, 0) is 29.2 Å². The number of halogens is 2. The van der Waals surface area contributed by atoms with Gasteiger partial charge in [-0.3, -0.25) is 0 Å². The van der Waals surface area contributed by atoms with Gasteiger partial charge in [-0.25, -0.2) is 8.78 Å². The molecule has 1 unspecified atom stereocenters. The number of hydrogen-bond acceptors (Lipinski definition) is 2. The van der Waals surface area contributed by atoms with Crippen LogP contribution in [0.1, 0.15) is 31.9 Å². The first-order valence-electron chi connectivity index (χ1n) is 7.61. The van der Waals surface area contributed by atoms with Crippen molar-refractivity contribution in [2.24, 2.45) is 5.92 Å². The fourth-order valence-corrected chi connectivity index (χ4v) is 3.59. The highest BCUT2D eigenvalue weighted by molar-refractivity contribution is 5.86. The quantitative estimate of drug-likeness (QED) is 0.799. The molecule has 0 saturated heterocycles. The Morgan fingerprint density at radius 1 is 1.00 bits per heavy atom. The molecule has 122 valence electrons. The molecule has 0 amide bonds.